The lowest BCUT2D eigenvalue weighted by atomic mass is 10.2. The maximum Gasteiger partial charge on any atom is 0.151 e. The Bertz CT molecular complexity index is 739. The molecule has 0 saturated heterocycles. The van der Waals surface area contributed by atoms with Gasteiger partial charge in [-0.25, -0.2) is 5.84 Å². The molecule has 0 aliphatic carbocycles. The number of nitrogens with two attached hydrogens (primary N) is 2. The maximum absolute atomic E-state index is 10.3. The molecule has 28 heavy (non-hydrogen) atoms. The average molecular weight is 454 g/mol. The summed E-state index contributed by atoms with van der Waals surface area (Å²) in [5, 5.41) is 11.8. The van der Waals surface area contributed by atoms with Gasteiger partial charge in [0, 0.05) is 19.8 Å². The van der Waals surface area contributed by atoms with E-state index in [9.17, 15) is 5.11 Å². The van der Waals surface area contributed by atoms with Gasteiger partial charge in [-0.15, -0.1) is 0 Å². The van der Waals surface area contributed by atoms with Crippen molar-refractivity contribution in [3.8, 4) is 11.5 Å². The minimum Gasteiger partial charge on any atom is -0.454 e. The average Bonchev–Trinajstić information content (AvgIpc) is 2.65. The van der Waals surface area contributed by atoms with Crippen LogP contribution >= 0.6 is 15.9 Å². The molecule has 0 aliphatic heterocycles. The fraction of sp³-hybridized carbons (Fsp3) is 0.450. The molecule has 5 N–H and O–H groups in total. The van der Waals surface area contributed by atoms with E-state index in [2.05, 4.69) is 34.8 Å². The highest BCUT2D eigenvalue weighted by atomic mass is 79.9. The molecular formula is C20H32BrN5O2. The molecule has 0 aliphatic rings. The Morgan fingerprint density at radius 3 is 2.32 bits per heavy atom. The number of rotatable bonds is 7. The molecule has 1 heterocycles. The minimum atomic E-state index is -0.762. The van der Waals surface area contributed by atoms with Crippen LogP contribution in [0.5, 0.6) is 11.5 Å². The standard InChI is InChI=1S/C16H22BrN5O2.C4H10/c1-21(2)9-11(23)16-13(5-4-8-20-16)24-12-7-6-10(22(3)19)15(18)14(12)17;1-3-4-2/h4-8,11,23H,9,18-19H2,1-3H3;3-4H2,1-2H3. The van der Waals surface area contributed by atoms with Crippen LogP contribution in [-0.4, -0.2) is 42.7 Å². The lowest BCUT2D eigenvalue weighted by molar-refractivity contribution is 0.132. The number of hydrogen-bond acceptors (Lipinski definition) is 7. The second-order valence-corrected chi connectivity index (χ2v) is 7.48. The van der Waals surface area contributed by atoms with Gasteiger partial charge in [0.05, 0.1) is 15.8 Å². The first-order valence-corrected chi connectivity index (χ1v) is 10.0. The van der Waals surface area contributed by atoms with Crippen LogP contribution in [0, 0.1) is 0 Å². The summed E-state index contributed by atoms with van der Waals surface area (Å²) in [6.07, 6.45) is 3.50. The summed E-state index contributed by atoms with van der Waals surface area (Å²) in [4.78, 5) is 6.13. The third-order valence-corrected chi connectivity index (χ3v) is 4.69. The van der Waals surface area contributed by atoms with Gasteiger partial charge >= 0.3 is 0 Å². The number of aromatic nitrogens is 1. The molecule has 0 fully saturated rings. The number of hydrazine groups is 1. The summed E-state index contributed by atoms with van der Waals surface area (Å²) < 4.78 is 6.52. The molecule has 1 unspecified atom stereocenters. The summed E-state index contributed by atoms with van der Waals surface area (Å²) in [5.41, 5.74) is 7.69. The summed E-state index contributed by atoms with van der Waals surface area (Å²) in [6, 6.07) is 7.03. The molecule has 156 valence electrons. The van der Waals surface area contributed by atoms with Gasteiger partial charge in [0.15, 0.2) is 5.75 Å². The second kappa shape index (κ2) is 11.9. The molecule has 2 aromatic rings. The third-order valence-electron chi connectivity index (χ3n) is 3.87. The van der Waals surface area contributed by atoms with Gasteiger partial charge in [-0.1, -0.05) is 26.7 Å². The van der Waals surface area contributed by atoms with E-state index in [-0.39, 0.29) is 0 Å². The first-order valence-electron chi connectivity index (χ1n) is 9.24. The van der Waals surface area contributed by atoms with Crippen LogP contribution in [0.1, 0.15) is 38.5 Å². The van der Waals surface area contributed by atoms with Gasteiger partial charge in [0.1, 0.15) is 17.5 Å². The minimum absolute atomic E-state index is 0.438. The quantitative estimate of drug-likeness (QED) is 0.331. The van der Waals surface area contributed by atoms with Crippen molar-refractivity contribution in [1.29, 1.82) is 0 Å². The zero-order valence-corrected chi connectivity index (χ0v) is 18.9. The monoisotopic (exact) mass is 453 g/mol. The fourth-order valence-corrected chi connectivity index (χ4v) is 2.66. The number of nitrogen functional groups attached to an aromatic ring is 1. The number of ether oxygens (including phenoxy) is 1. The van der Waals surface area contributed by atoms with Crippen LogP contribution in [0.4, 0.5) is 11.4 Å². The number of pyridine rings is 1. The second-order valence-electron chi connectivity index (χ2n) is 6.69. The summed E-state index contributed by atoms with van der Waals surface area (Å²) >= 11 is 3.44. The first-order chi connectivity index (χ1) is 13.2. The Morgan fingerprint density at radius 1 is 1.14 bits per heavy atom. The lowest BCUT2D eigenvalue weighted by Crippen LogP contribution is -2.26. The van der Waals surface area contributed by atoms with Gasteiger partial charge in [-0.2, -0.15) is 0 Å². The number of aliphatic hydroxyl groups excluding tert-OH is 1. The molecule has 0 radical (unpaired) electrons. The Morgan fingerprint density at radius 2 is 1.79 bits per heavy atom. The molecule has 0 saturated carbocycles. The largest absolute Gasteiger partial charge is 0.454 e. The SMILES string of the molecule is CCCC.CN(C)CC(O)c1ncccc1Oc1ccc(N(C)N)c(N)c1Br. The first kappa shape index (κ1) is 24.2. The number of anilines is 2. The lowest BCUT2D eigenvalue weighted by Gasteiger charge is -2.20. The Balaban J connectivity index is 0.000000892. The van der Waals surface area contributed by atoms with Gasteiger partial charge in [0.2, 0.25) is 0 Å². The van der Waals surface area contributed by atoms with Gasteiger partial charge in [-0.05, 0) is 54.3 Å². The van der Waals surface area contributed by atoms with E-state index in [0.717, 1.165) is 0 Å². The van der Waals surface area contributed by atoms with E-state index in [1.165, 1.54) is 17.9 Å². The number of hydrogen-bond donors (Lipinski definition) is 3. The van der Waals surface area contributed by atoms with E-state index < -0.39 is 6.10 Å². The zero-order valence-electron chi connectivity index (χ0n) is 17.3. The van der Waals surface area contributed by atoms with E-state index >= 15 is 0 Å². The van der Waals surface area contributed by atoms with Crippen LogP contribution in [-0.2, 0) is 0 Å². The van der Waals surface area contributed by atoms with Crippen molar-refractivity contribution < 1.29 is 9.84 Å². The third kappa shape index (κ3) is 6.94. The van der Waals surface area contributed by atoms with Crippen LogP contribution in [0.25, 0.3) is 0 Å². The van der Waals surface area contributed by atoms with Crippen molar-refractivity contribution in [2.45, 2.75) is 32.8 Å². The van der Waals surface area contributed by atoms with Crippen molar-refractivity contribution in [2.75, 3.05) is 38.4 Å². The molecule has 8 heteroatoms. The van der Waals surface area contributed by atoms with Crippen molar-refractivity contribution in [1.82, 2.24) is 9.88 Å². The molecule has 0 spiro atoms. The van der Waals surface area contributed by atoms with Crippen molar-refractivity contribution in [2.24, 2.45) is 5.84 Å². The summed E-state index contributed by atoms with van der Waals surface area (Å²) in [6.45, 7) is 4.80. The van der Waals surface area contributed by atoms with E-state index in [0.29, 0.717) is 39.6 Å². The van der Waals surface area contributed by atoms with Gasteiger partial charge in [-0.3, -0.25) is 4.98 Å². The molecular weight excluding hydrogens is 422 g/mol. The molecule has 7 nitrogen and oxygen atoms in total. The normalized spacial score (nSPS) is 11.6. The molecule has 1 aromatic heterocycles. The van der Waals surface area contributed by atoms with Gasteiger partial charge < -0.3 is 25.5 Å². The topological polar surface area (TPSA) is 101 Å². The smallest absolute Gasteiger partial charge is 0.151 e. The van der Waals surface area contributed by atoms with Crippen LogP contribution < -0.4 is 21.3 Å². The number of nitrogens with zero attached hydrogens (tertiary/aromatic N) is 3. The molecule has 1 aromatic carbocycles. The molecule has 0 amide bonds. The summed E-state index contributed by atoms with van der Waals surface area (Å²) in [5.74, 6) is 6.73. The van der Waals surface area contributed by atoms with Crippen LogP contribution in [0.3, 0.4) is 0 Å². The highest BCUT2D eigenvalue weighted by molar-refractivity contribution is 9.10. The predicted octanol–water partition coefficient (Wildman–Crippen LogP) is 3.93. The molecule has 1 atom stereocenters. The predicted molar refractivity (Wildman–Crippen MR) is 120 cm³/mol. The maximum atomic E-state index is 10.3. The Labute approximate surface area is 176 Å². The van der Waals surface area contributed by atoms with Gasteiger partial charge in [0.25, 0.3) is 0 Å². The Kier molecular flexibility index (Phi) is 10.2. The zero-order chi connectivity index (χ0) is 21.3. The fourth-order valence-electron chi connectivity index (χ4n) is 2.24. The Hall–Kier alpha value is -1.87. The van der Waals surface area contributed by atoms with Crippen LogP contribution in [0.2, 0.25) is 0 Å². The number of unbranched alkanes of at least 4 members (excludes halogenated alkanes) is 1. The van der Waals surface area contributed by atoms with E-state index in [1.807, 2.05) is 19.0 Å². The highest BCUT2D eigenvalue weighted by Gasteiger charge is 2.18. The number of likely N-dealkylation sites (N-methyl/N-ethyl adjacent to an activating group) is 1. The number of halogens is 1. The molecule has 2 rings (SSSR count). The highest BCUT2D eigenvalue weighted by Crippen LogP contribution is 2.40. The number of benzene rings is 1. The van der Waals surface area contributed by atoms with Crippen molar-refractivity contribution in [3.05, 3.63) is 40.6 Å². The van der Waals surface area contributed by atoms with Crippen LogP contribution in [0.15, 0.2) is 34.9 Å². The van der Waals surface area contributed by atoms with E-state index in [1.54, 1.807) is 37.5 Å². The number of aliphatic hydroxyl groups is 1. The molecule has 0 bridgehead atoms. The van der Waals surface area contributed by atoms with Crippen molar-refractivity contribution >= 4 is 27.3 Å². The summed E-state index contributed by atoms with van der Waals surface area (Å²) in [7, 11) is 5.47. The van der Waals surface area contributed by atoms with E-state index in [4.69, 9.17) is 16.3 Å². The van der Waals surface area contributed by atoms with Crippen molar-refractivity contribution in [3.63, 3.8) is 0 Å².